The van der Waals surface area contributed by atoms with Gasteiger partial charge in [0.25, 0.3) is 0 Å². The van der Waals surface area contributed by atoms with E-state index in [1.54, 1.807) is 0 Å². The number of aromatic nitrogens is 1. The Morgan fingerprint density at radius 2 is 2.00 bits per heavy atom. The molecule has 1 unspecified atom stereocenters. The molecule has 0 saturated carbocycles. The summed E-state index contributed by atoms with van der Waals surface area (Å²) >= 11 is 0. The number of nitrogens with zero attached hydrogens (tertiary/aromatic N) is 3. The summed E-state index contributed by atoms with van der Waals surface area (Å²) in [6.07, 6.45) is 6.88. The maximum absolute atomic E-state index is 4.69. The van der Waals surface area contributed by atoms with Gasteiger partial charge >= 0.3 is 0 Å². The van der Waals surface area contributed by atoms with E-state index in [4.69, 9.17) is 4.99 Å². The van der Waals surface area contributed by atoms with Crippen molar-refractivity contribution in [2.75, 3.05) is 39.3 Å². The number of rotatable bonds is 7. The zero-order chi connectivity index (χ0) is 15.6. The lowest BCUT2D eigenvalue weighted by Crippen LogP contribution is -2.40. The molecule has 1 aromatic heterocycles. The van der Waals surface area contributed by atoms with Crippen LogP contribution in [0.25, 0.3) is 0 Å². The van der Waals surface area contributed by atoms with Crippen LogP contribution < -0.4 is 10.6 Å². The van der Waals surface area contributed by atoms with Crippen LogP contribution in [-0.4, -0.2) is 54.7 Å². The van der Waals surface area contributed by atoms with Gasteiger partial charge in [0, 0.05) is 45.1 Å². The van der Waals surface area contributed by atoms with Crippen molar-refractivity contribution in [2.45, 2.75) is 33.2 Å². The van der Waals surface area contributed by atoms with Gasteiger partial charge in [0.05, 0.1) is 6.54 Å². The minimum atomic E-state index is 0. The third-order valence-electron chi connectivity index (χ3n) is 4.10. The largest absolute Gasteiger partial charge is 0.357 e. The van der Waals surface area contributed by atoms with Gasteiger partial charge in [0.2, 0.25) is 0 Å². The summed E-state index contributed by atoms with van der Waals surface area (Å²) in [5, 5.41) is 6.73. The molecule has 0 aromatic carbocycles. The summed E-state index contributed by atoms with van der Waals surface area (Å²) in [4.78, 5) is 7.24. The Hall–Kier alpha value is -0.760. The molecule has 2 rings (SSSR count). The molecule has 0 bridgehead atoms. The van der Waals surface area contributed by atoms with Gasteiger partial charge < -0.3 is 20.1 Å². The maximum atomic E-state index is 4.69. The SMILES string of the molecule is CCNC(=NCCN1CCCC(C)C1)NCCn1cccc1.I. The number of nitrogens with one attached hydrogen (secondary N) is 2. The van der Waals surface area contributed by atoms with Crippen molar-refractivity contribution in [2.24, 2.45) is 10.9 Å². The highest BCUT2D eigenvalue weighted by atomic mass is 127. The van der Waals surface area contributed by atoms with Gasteiger partial charge in [-0.15, -0.1) is 24.0 Å². The van der Waals surface area contributed by atoms with E-state index in [9.17, 15) is 0 Å². The second-order valence-corrected chi connectivity index (χ2v) is 6.16. The number of halogens is 1. The first-order valence-corrected chi connectivity index (χ1v) is 8.63. The number of hydrogen-bond donors (Lipinski definition) is 2. The fraction of sp³-hybridized carbons (Fsp3) is 0.706. The first kappa shape index (κ1) is 20.3. The van der Waals surface area contributed by atoms with Crippen molar-refractivity contribution in [3.05, 3.63) is 24.5 Å². The molecule has 1 atom stereocenters. The molecule has 23 heavy (non-hydrogen) atoms. The van der Waals surface area contributed by atoms with E-state index in [1.807, 2.05) is 0 Å². The van der Waals surface area contributed by atoms with Crippen LogP contribution in [0.15, 0.2) is 29.5 Å². The molecular formula is C17H32IN5. The molecule has 6 heteroatoms. The molecule has 0 spiro atoms. The predicted molar refractivity (Wildman–Crippen MR) is 109 cm³/mol. The van der Waals surface area contributed by atoms with Crippen LogP contribution in [0.5, 0.6) is 0 Å². The highest BCUT2D eigenvalue weighted by Gasteiger charge is 2.15. The van der Waals surface area contributed by atoms with Gasteiger partial charge in [-0.25, -0.2) is 0 Å². The number of aliphatic imine (C=N–C) groups is 1. The quantitative estimate of drug-likeness (QED) is 0.395. The van der Waals surface area contributed by atoms with Gasteiger partial charge in [0.1, 0.15) is 0 Å². The number of hydrogen-bond acceptors (Lipinski definition) is 2. The standard InChI is InChI=1S/C17H31N5.HI/c1-3-18-17(19-8-13-21-10-4-5-11-21)20-9-14-22-12-6-7-16(2)15-22;/h4-5,10-11,16H,3,6-9,12-15H2,1-2H3,(H2,18,19,20);1H. The van der Waals surface area contributed by atoms with Crippen LogP contribution in [0.1, 0.15) is 26.7 Å². The Morgan fingerprint density at radius 3 is 2.70 bits per heavy atom. The summed E-state index contributed by atoms with van der Waals surface area (Å²) < 4.78 is 2.17. The Balaban J connectivity index is 0.00000264. The third kappa shape index (κ3) is 8.06. The van der Waals surface area contributed by atoms with Crippen LogP contribution in [0, 0.1) is 5.92 Å². The van der Waals surface area contributed by atoms with E-state index in [-0.39, 0.29) is 24.0 Å². The van der Waals surface area contributed by atoms with Crippen molar-refractivity contribution in [1.29, 1.82) is 0 Å². The molecule has 1 saturated heterocycles. The normalized spacial score (nSPS) is 19.2. The monoisotopic (exact) mass is 433 g/mol. The average Bonchev–Trinajstić information content (AvgIpc) is 3.01. The molecule has 1 aromatic rings. The zero-order valence-corrected chi connectivity index (χ0v) is 16.8. The minimum Gasteiger partial charge on any atom is -0.357 e. The molecule has 5 nitrogen and oxygen atoms in total. The maximum Gasteiger partial charge on any atom is 0.191 e. The topological polar surface area (TPSA) is 44.6 Å². The number of likely N-dealkylation sites (tertiary alicyclic amines) is 1. The van der Waals surface area contributed by atoms with Crippen LogP contribution in [0.2, 0.25) is 0 Å². The molecule has 2 N–H and O–H groups in total. The van der Waals surface area contributed by atoms with E-state index < -0.39 is 0 Å². The van der Waals surface area contributed by atoms with Crippen molar-refractivity contribution >= 4 is 29.9 Å². The molecule has 1 aliphatic heterocycles. The Labute approximate surface area is 157 Å². The lowest BCUT2D eigenvalue weighted by molar-refractivity contribution is 0.189. The third-order valence-corrected chi connectivity index (χ3v) is 4.10. The predicted octanol–water partition coefficient (Wildman–Crippen LogP) is 2.39. The van der Waals surface area contributed by atoms with Gasteiger partial charge in [-0.3, -0.25) is 4.99 Å². The number of piperidine rings is 1. The first-order chi connectivity index (χ1) is 10.8. The van der Waals surface area contributed by atoms with E-state index in [0.717, 1.165) is 44.6 Å². The summed E-state index contributed by atoms with van der Waals surface area (Å²) in [6.45, 7) is 11.6. The van der Waals surface area contributed by atoms with Crippen molar-refractivity contribution in [3.63, 3.8) is 0 Å². The van der Waals surface area contributed by atoms with Crippen molar-refractivity contribution in [1.82, 2.24) is 20.1 Å². The van der Waals surface area contributed by atoms with Crippen molar-refractivity contribution in [3.8, 4) is 0 Å². The zero-order valence-electron chi connectivity index (χ0n) is 14.5. The second-order valence-electron chi connectivity index (χ2n) is 6.16. The fourth-order valence-corrected chi connectivity index (χ4v) is 2.96. The van der Waals surface area contributed by atoms with Crippen LogP contribution in [-0.2, 0) is 6.54 Å². The van der Waals surface area contributed by atoms with Crippen LogP contribution in [0.4, 0.5) is 0 Å². The molecule has 0 aliphatic carbocycles. The van der Waals surface area contributed by atoms with Crippen molar-refractivity contribution < 1.29 is 0 Å². The Morgan fingerprint density at radius 1 is 1.22 bits per heavy atom. The van der Waals surface area contributed by atoms with E-state index in [2.05, 4.69) is 58.5 Å². The summed E-state index contributed by atoms with van der Waals surface area (Å²) in [6, 6.07) is 4.11. The fourth-order valence-electron chi connectivity index (χ4n) is 2.96. The highest BCUT2D eigenvalue weighted by Crippen LogP contribution is 2.14. The molecule has 2 heterocycles. The average molecular weight is 433 g/mol. The van der Waals surface area contributed by atoms with Crippen LogP contribution >= 0.6 is 24.0 Å². The highest BCUT2D eigenvalue weighted by molar-refractivity contribution is 14.0. The Bertz CT molecular complexity index is 432. The molecule has 0 radical (unpaired) electrons. The smallest absolute Gasteiger partial charge is 0.191 e. The van der Waals surface area contributed by atoms with Crippen LogP contribution in [0.3, 0.4) is 0 Å². The molecule has 132 valence electrons. The Kier molecular flexibility index (Phi) is 10.3. The minimum absolute atomic E-state index is 0. The van der Waals surface area contributed by atoms with Gasteiger partial charge in [-0.2, -0.15) is 0 Å². The summed E-state index contributed by atoms with van der Waals surface area (Å²) in [7, 11) is 0. The van der Waals surface area contributed by atoms with Gasteiger partial charge in [0.15, 0.2) is 5.96 Å². The second kappa shape index (κ2) is 11.7. The summed E-state index contributed by atoms with van der Waals surface area (Å²) in [5.74, 6) is 1.77. The first-order valence-electron chi connectivity index (χ1n) is 8.63. The molecule has 0 amide bonds. The molecule has 1 fully saturated rings. The molecule has 1 aliphatic rings. The number of guanidine groups is 1. The summed E-state index contributed by atoms with van der Waals surface area (Å²) in [5.41, 5.74) is 0. The molecular weight excluding hydrogens is 401 g/mol. The van der Waals surface area contributed by atoms with E-state index in [0.29, 0.717) is 0 Å². The lowest BCUT2D eigenvalue weighted by atomic mass is 10.0. The van der Waals surface area contributed by atoms with Gasteiger partial charge in [-0.1, -0.05) is 6.92 Å². The van der Waals surface area contributed by atoms with E-state index >= 15 is 0 Å². The van der Waals surface area contributed by atoms with E-state index in [1.165, 1.54) is 25.9 Å². The lowest BCUT2D eigenvalue weighted by Gasteiger charge is -2.30. The van der Waals surface area contributed by atoms with Gasteiger partial charge in [-0.05, 0) is 44.4 Å².